The van der Waals surface area contributed by atoms with E-state index in [1.165, 1.54) is 6.21 Å². The largest absolute Gasteiger partial charge is 0.507 e. The van der Waals surface area contributed by atoms with Crippen molar-refractivity contribution in [2.45, 2.75) is 38.3 Å². The summed E-state index contributed by atoms with van der Waals surface area (Å²) in [5.41, 5.74) is 10.3. The molecule has 2 aromatic carbocycles. The van der Waals surface area contributed by atoms with Crippen LogP contribution in [0.3, 0.4) is 0 Å². The maximum absolute atomic E-state index is 12.3. The van der Waals surface area contributed by atoms with Crippen molar-refractivity contribution < 1.29 is 14.6 Å². The number of unbranched alkanes of at least 4 members (excludes halogenated alkanes) is 1. The molecule has 0 spiro atoms. The van der Waals surface area contributed by atoms with Crippen LogP contribution in [-0.4, -0.2) is 29.9 Å². The van der Waals surface area contributed by atoms with Crippen LogP contribution < -0.4 is 21.0 Å². The molecule has 8 heteroatoms. The number of carbonyl (C=O) groups excluding carboxylic acids is 1. The van der Waals surface area contributed by atoms with Crippen molar-refractivity contribution in [2.75, 3.05) is 6.61 Å². The minimum Gasteiger partial charge on any atom is -0.507 e. The van der Waals surface area contributed by atoms with E-state index in [9.17, 15) is 9.90 Å². The monoisotopic (exact) mass is 460 g/mol. The van der Waals surface area contributed by atoms with Gasteiger partial charge >= 0.3 is 0 Å². The number of hydrazone groups is 1. The van der Waals surface area contributed by atoms with Crippen LogP contribution in [0.2, 0.25) is 0 Å². The first-order valence-electron chi connectivity index (χ1n) is 9.62. The number of phenols is 1. The van der Waals surface area contributed by atoms with E-state index in [-0.39, 0.29) is 17.7 Å². The summed E-state index contributed by atoms with van der Waals surface area (Å²) < 4.78 is 6.50. The Morgan fingerprint density at radius 3 is 2.86 bits per heavy atom. The van der Waals surface area contributed by atoms with E-state index in [0.717, 1.165) is 35.2 Å². The summed E-state index contributed by atoms with van der Waals surface area (Å²) in [6.07, 6.45) is 4.15. The lowest BCUT2D eigenvalue weighted by atomic mass is 10.0. The molecule has 0 aromatic heterocycles. The van der Waals surface area contributed by atoms with Crippen molar-refractivity contribution in [2.24, 2.45) is 5.10 Å². The third-order valence-corrected chi connectivity index (χ3v) is 5.13. The van der Waals surface area contributed by atoms with Crippen LogP contribution in [0.5, 0.6) is 11.5 Å². The van der Waals surface area contributed by atoms with E-state index < -0.39 is 6.04 Å². The number of amides is 1. The lowest BCUT2D eigenvalue weighted by Crippen LogP contribution is -2.41. The Morgan fingerprint density at radius 2 is 2.10 bits per heavy atom. The van der Waals surface area contributed by atoms with Crippen LogP contribution in [-0.2, 0) is 4.79 Å². The molecule has 3 rings (SSSR count). The van der Waals surface area contributed by atoms with Gasteiger partial charge in [0.15, 0.2) is 0 Å². The van der Waals surface area contributed by atoms with Gasteiger partial charge in [0.1, 0.15) is 17.5 Å². The normalized spacial score (nSPS) is 18.8. The highest BCUT2D eigenvalue weighted by atomic mass is 79.9. The second kappa shape index (κ2) is 10.4. The maximum Gasteiger partial charge on any atom is 0.258 e. The first-order chi connectivity index (χ1) is 14.1. The molecule has 29 heavy (non-hydrogen) atoms. The summed E-state index contributed by atoms with van der Waals surface area (Å²) in [7, 11) is 0. The molecular weight excluding hydrogens is 436 g/mol. The number of hydrogen-bond donors (Lipinski definition) is 4. The number of nitrogens with one attached hydrogen (secondary N) is 3. The minimum atomic E-state index is -0.409. The Balaban J connectivity index is 1.50. The zero-order valence-corrected chi connectivity index (χ0v) is 17.8. The van der Waals surface area contributed by atoms with Gasteiger partial charge in [-0.25, -0.2) is 16.3 Å². The van der Waals surface area contributed by atoms with Crippen molar-refractivity contribution in [1.29, 1.82) is 0 Å². The Bertz CT molecular complexity index is 858. The van der Waals surface area contributed by atoms with E-state index in [2.05, 4.69) is 44.2 Å². The van der Waals surface area contributed by atoms with Crippen molar-refractivity contribution in [1.82, 2.24) is 16.3 Å². The number of benzene rings is 2. The molecule has 0 radical (unpaired) electrons. The van der Waals surface area contributed by atoms with Gasteiger partial charge in [0.25, 0.3) is 5.91 Å². The van der Waals surface area contributed by atoms with Gasteiger partial charge in [-0.15, -0.1) is 0 Å². The summed E-state index contributed by atoms with van der Waals surface area (Å²) in [6.45, 7) is 2.85. The lowest BCUT2D eigenvalue weighted by Gasteiger charge is -2.11. The molecule has 1 saturated heterocycles. The second-order valence-corrected chi connectivity index (χ2v) is 7.75. The van der Waals surface area contributed by atoms with Crippen LogP contribution in [0.1, 0.15) is 43.4 Å². The smallest absolute Gasteiger partial charge is 0.258 e. The molecule has 1 fully saturated rings. The number of ether oxygens (including phenoxy) is 1. The summed E-state index contributed by atoms with van der Waals surface area (Å²) in [5, 5.41) is 13.7. The zero-order chi connectivity index (χ0) is 20.6. The molecule has 1 aliphatic rings. The number of phenolic OH excluding ortho intramolecular Hbond substituents is 1. The Kier molecular flexibility index (Phi) is 7.62. The molecule has 2 atom stereocenters. The zero-order valence-electron chi connectivity index (χ0n) is 16.2. The summed E-state index contributed by atoms with van der Waals surface area (Å²) >= 11 is 3.33. The van der Waals surface area contributed by atoms with E-state index in [1.54, 1.807) is 18.2 Å². The number of hydrazine groups is 1. The Hall–Kier alpha value is -2.42. The van der Waals surface area contributed by atoms with Crippen LogP contribution in [0, 0.1) is 0 Å². The van der Waals surface area contributed by atoms with Gasteiger partial charge in [-0.05, 0) is 48.7 Å². The fourth-order valence-corrected chi connectivity index (χ4v) is 3.33. The average molecular weight is 461 g/mol. The molecule has 1 amide bonds. The number of nitrogens with zero attached hydrogens (tertiary/aromatic N) is 1. The third-order valence-electron chi connectivity index (χ3n) is 4.64. The molecule has 0 bridgehead atoms. The number of aromatic hydroxyl groups is 1. The van der Waals surface area contributed by atoms with Crippen molar-refractivity contribution in [3.05, 3.63) is 58.1 Å². The number of carbonyl (C=O) groups is 1. The highest BCUT2D eigenvalue weighted by molar-refractivity contribution is 9.10. The van der Waals surface area contributed by atoms with Gasteiger partial charge < -0.3 is 9.84 Å². The van der Waals surface area contributed by atoms with Crippen molar-refractivity contribution in [3.8, 4) is 11.5 Å². The van der Waals surface area contributed by atoms with E-state index in [4.69, 9.17) is 4.74 Å². The predicted molar refractivity (Wildman–Crippen MR) is 116 cm³/mol. The first-order valence-corrected chi connectivity index (χ1v) is 10.4. The van der Waals surface area contributed by atoms with Crippen molar-refractivity contribution >= 4 is 28.1 Å². The standard InChI is InChI=1S/C21H25BrN4O3/c1-2-3-10-29-17-7-4-14(5-8-17)18-12-19(25-24-18)21(28)26-23-13-15-11-16(22)6-9-20(15)27/h4-9,11,13,18-19,24-25,27H,2-3,10,12H2,1H3,(H,26,28)/b23-13+. The number of rotatable bonds is 8. The molecule has 1 heterocycles. The molecule has 0 aliphatic carbocycles. The SMILES string of the molecule is CCCCOc1ccc(C2CC(C(=O)N/N=C/c3cc(Br)ccc3O)NN2)cc1. The molecule has 1 aliphatic heterocycles. The second-order valence-electron chi connectivity index (χ2n) is 6.84. The Labute approximate surface area is 178 Å². The first kappa shape index (κ1) is 21.3. The molecule has 4 N–H and O–H groups in total. The average Bonchev–Trinajstić information content (AvgIpc) is 3.21. The van der Waals surface area contributed by atoms with Crippen LogP contribution in [0.15, 0.2) is 52.0 Å². The van der Waals surface area contributed by atoms with Gasteiger partial charge in [-0.1, -0.05) is 41.4 Å². The van der Waals surface area contributed by atoms with Gasteiger partial charge in [-0.2, -0.15) is 5.10 Å². The molecule has 0 saturated carbocycles. The van der Waals surface area contributed by atoms with Crippen LogP contribution in [0.4, 0.5) is 0 Å². The number of halogens is 1. The highest BCUT2D eigenvalue weighted by Gasteiger charge is 2.30. The Morgan fingerprint density at radius 1 is 1.31 bits per heavy atom. The summed E-state index contributed by atoms with van der Waals surface area (Å²) in [6, 6.07) is 12.5. The molecule has 154 valence electrons. The fourth-order valence-electron chi connectivity index (χ4n) is 2.95. The van der Waals surface area contributed by atoms with Gasteiger partial charge in [0.05, 0.1) is 12.8 Å². The van der Waals surface area contributed by atoms with E-state index in [1.807, 2.05) is 24.3 Å². The molecule has 2 unspecified atom stereocenters. The highest BCUT2D eigenvalue weighted by Crippen LogP contribution is 2.24. The molecule has 2 aromatic rings. The molecular formula is C21H25BrN4O3. The fraction of sp³-hybridized carbons (Fsp3) is 0.333. The van der Waals surface area contributed by atoms with Gasteiger partial charge in [0.2, 0.25) is 0 Å². The predicted octanol–water partition coefficient (Wildman–Crippen LogP) is 3.39. The van der Waals surface area contributed by atoms with Crippen LogP contribution >= 0.6 is 15.9 Å². The lowest BCUT2D eigenvalue weighted by molar-refractivity contribution is -0.122. The minimum absolute atomic E-state index is 0.0218. The van der Waals surface area contributed by atoms with Gasteiger partial charge in [-0.3, -0.25) is 4.79 Å². The van der Waals surface area contributed by atoms with Crippen LogP contribution in [0.25, 0.3) is 0 Å². The summed E-state index contributed by atoms with van der Waals surface area (Å²) in [5.74, 6) is 0.701. The molecule has 7 nitrogen and oxygen atoms in total. The quantitative estimate of drug-likeness (QED) is 0.275. The summed E-state index contributed by atoms with van der Waals surface area (Å²) in [4.78, 5) is 12.3. The van der Waals surface area contributed by atoms with E-state index in [0.29, 0.717) is 12.0 Å². The number of hydrogen-bond acceptors (Lipinski definition) is 6. The van der Waals surface area contributed by atoms with Gasteiger partial charge in [0, 0.05) is 16.1 Å². The van der Waals surface area contributed by atoms with Crippen molar-refractivity contribution in [3.63, 3.8) is 0 Å². The topological polar surface area (TPSA) is 95.0 Å². The third kappa shape index (κ3) is 6.03. The maximum atomic E-state index is 12.3. The van der Waals surface area contributed by atoms with E-state index >= 15 is 0 Å².